The van der Waals surface area contributed by atoms with Crippen molar-refractivity contribution in [2.75, 3.05) is 4.72 Å². The third-order valence-corrected chi connectivity index (χ3v) is 4.40. The molecule has 1 aliphatic carbocycles. The van der Waals surface area contributed by atoms with E-state index in [-0.39, 0.29) is 11.3 Å². The highest BCUT2D eigenvalue weighted by molar-refractivity contribution is 7.93. The molecule has 2 aromatic carbocycles. The van der Waals surface area contributed by atoms with Crippen LogP contribution < -0.4 is 4.72 Å². The first-order valence-electron chi connectivity index (χ1n) is 6.08. The molecule has 0 saturated carbocycles. The molecule has 0 amide bonds. The molecule has 0 aliphatic heterocycles. The first-order valence-corrected chi connectivity index (χ1v) is 7.57. The fourth-order valence-corrected chi connectivity index (χ4v) is 2.94. The van der Waals surface area contributed by atoms with Crippen LogP contribution in [0, 0.1) is 0 Å². The Labute approximate surface area is 123 Å². The molecule has 3 rings (SSSR count). The number of benzene rings is 2. The van der Waals surface area contributed by atoms with Crippen molar-refractivity contribution < 1.29 is 26.4 Å². The summed E-state index contributed by atoms with van der Waals surface area (Å²) in [6, 6.07) is 10.6. The number of nitrogens with one attached hydrogen (secondary N) is 1. The zero-order valence-electron chi connectivity index (χ0n) is 10.8. The molecule has 0 aromatic heterocycles. The van der Waals surface area contributed by atoms with Gasteiger partial charge in [-0.1, -0.05) is 36.4 Å². The Kier molecular flexibility index (Phi) is 3.03. The van der Waals surface area contributed by atoms with Gasteiger partial charge >= 0.3 is 15.5 Å². The summed E-state index contributed by atoms with van der Waals surface area (Å²) >= 11 is 0. The number of sulfonamides is 1. The second kappa shape index (κ2) is 4.57. The maximum Gasteiger partial charge on any atom is 0.516 e. The van der Waals surface area contributed by atoms with E-state index in [1.54, 1.807) is 30.3 Å². The number of carbonyl (C=O) groups is 1. The fraction of sp³-hybridized carbons (Fsp3) is 0.0714. The molecule has 0 radical (unpaired) electrons. The number of ketones is 1. The zero-order chi connectivity index (χ0) is 16.1. The minimum atomic E-state index is -5.59. The molecule has 22 heavy (non-hydrogen) atoms. The van der Waals surface area contributed by atoms with E-state index >= 15 is 0 Å². The summed E-state index contributed by atoms with van der Waals surface area (Å²) in [4.78, 5) is 12.3. The van der Waals surface area contributed by atoms with Gasteiger partial charge in [-0.25, -0.2) is 0 Å². The summed E-state index contributed by atoms with van der Waals surface area (Å²) in [7, 11) is -5.59. The van der Waals surface area contributed by atoms with Gasteiger partial charge in [0.05, 0.1) is 11.3 Å². The van der Waals surface area contributed by atoms with Crippen LogP contribution in [0.1, 0.15) is 15.9 Å². The second-order valence-corrected chi connectivity index (χ2v) is 6.33. The first kappa shape index (κ1) is 14.6. The molecule has 8 heteroatoms. The van der Waals surface area contributed by atoms with Crippen molar-refractivity contribution in [1.82, 2.24) is 0 Å². The third-order valence-electron chi connectivity index (χ3n) is 3.30. The smallest absolute Gasteiger partial charge is 0.288 e. The molecular formula is C14H8F3NO3S. The Morgan fingerprint density at radius 3 is 2.09 bits per heavy atom. The number of rotatable bonds is 2. The van der Waals surface area contributed by atoms with Crippen LogP contribution >= 0.6 is 0 Å². The largest absolute Gasteiger partial charge is 0.516 e. The molecule has 4 nitrogen and oxygen atoms in total. The van der Waals surface area contributed by atoms with Crippen molar-refractivity contribution in [3.63, 3.8) is 0 Å². The second-order valence-electron chi connectivity index (χ2n) is 4.65. The Balaban J connectivity index is 2.15. The highest BCUT2D eigenvalue weighted by Crippen LogP contribution is 2.40. The Morgan fingerprint density at radius 1 is 0.864 bits per heavy atom. The van der Waals surface area contributed by atoms with Crippen LogP contribution in [0.25, 0.3) is 11.1 Å². The van der Waals surface area contributed by atoms with Crippen molar-refractivity contribution >= 4 is 21.5 Å². The van der Waals surface area contributed by atoms with Crippen LogP contribution in [0.5, 0.6) is 0 Å². The summed E-state index contributed by atoms with van der Waals surface area (Å²) in [5.74, 6) is -0.508. The van der Waals surface area contributed by atoms with Crippen molar-refractivity contribution in [2.45, 2.75) is 5.51 Å². The molecule has 0 spiro atoms. The normalized spacial score (nSPS) is 13.7. The maximum atomic E-state index is 12.5. The van der Waals surface area contributed by atoms with Crippen LogP contribution in [0.15, 0.2) is 42.5 Å². The zero-order valence-corrected chi connectivity index (χ0v) is 11.6. The van der Waals surface area contributed by atoms with Crippen molar-refractivity contribution in [2.24, 2.45) is 0 Å². The number of carbonyl (C=O) groups excluding carboxylic acids is 1. The molecule has 1 aliphatic rings. The highest BCUT2D eigenvalue weighted by atomic mass is 32.2. The first-order chi connectivity index (χ1) is 10.2. The lowest BCUT2D eigenvalue weighted by molar-refractivity contribution is -0.0429. The fourth-order valence-electron chi connectivity index (χ4n) is 2.36. The minimum absolute atomic E-state index is 0.0727. The van der Waals surface area contributed by atoms with Crippen LogP contribution in [0.2, 0.25) is 0 Å². The van der Waals surface area contributed by atoms with E-state index in [0.717, 1.165) is 6.07 Å². The van der Waals surface area contributed by atoms with Gasteiger partial charge in [-0.2, -0.15) is 21.6 Å². The summed E-state index contributed by atoms with van der Waals surface area (Å²) in [6.07, 6.45) is 0. The molecule has 0 unspecified atom stereocenters. The summed E-state index contributed by atoms with van der Waals surface area (Å²) in [5, 5.41) is 0. The van der Waals surface area contributed by atoms with Crippen molar-refractivity contribution in [1.29, 1.82) is 0 Å². The molecule has 0 heterocycles. The van der Waals surface area contributed by atoms with Crippen LogP contribution in [0.3, 0.4) is 0 Å². The van der Waals surface area contributed by atoms with Crippen molar-refractivity contribution in [3.05, 3.63) is 53.6 Å². The van der Waals surface area contributed by atoms with Gasteiger partial charge in [0.2, 0.25) is 0 Å². The van der Waals surface area contributed by atoms with Gasteiger partial charge in [-0.3, -0.25) is 9.52 Å². The van der Waals surface area contributed by atoms with Gasteiger partial charge in [-0.15, -0.1) is 0 Å². The predicted octanol–water partition coefficient (Wildman–Crippen LogP) is 3.16. The van der Waals surface area contributed by atoms with E-state index in [4.69, 9.17) is 0 Å². The average Bonchev–Trinajstić information content (AvgIpc) is 2.73. The quantitative estimate of drug-likeness (QED) is 0.786. The number of halogens is 3. The number of hydrogen-bond donors (Lipinski definition) is 1. The van der Waals surface area contributed by atoms with Gasteiger partial charge in [0.15, 0.2) is 5.78 Å². The average molecular weight is 327 g/mol. The highest BCUT2D eigenvalue weighted by Gasteiger charge is 2.46. The lowest BCUT2D eigenvalue weighted by Crippen LogP contribution is -2.30. The lowest BCUT2D eigenvalue weighted by Gasteiger charge is -2.13. The van der Waals surface area contributed by atoms with E-state index in [9.17, 15) is 26.4 Å². The molecule has 0 atom stereocenters. The minimum Gasteiger partial charge on any atom is -0.288 e. The third kappa shape index (κ3) is 2.07. The van der Waals surface area contributed by atoms with E-state index in [0.29, 0.717) is 16.7 Å². The Morgan fingerprint density at radius 2 is 1.45 bits per heavy atom. The van der Waals surface area contributed by atoms with Gasteiger partial charge in [-0.05, 0) is 17.2 Å². The summed E-state index contributed by atoms with van der Waals surface area (Å²) < 4.78 is 61.4. The van der Waals surface area contributed by atoms with Gasteiger partial charge < -0.3 is 0 Å². The van der Waals surface area contributed by atoms with Crippen LogP contribution in [0.4, 0.5) is 18.9 Å². The van der Waals surface area contributed by atoms with Gasteiger partial charge in [0.1, 0.15) is 0 Å². The van der Waals surface area contributed by atoms with E-state index in [2.05, 4.69) is 0 Å². The number of hydrogen-bond acceptors (Lipinski definition) is 3. The molecule has 2 aromatic rings. The number of anilines is 1. The molecule has 0 saturated heterocycles. The van der Waals surface area contributed by atoms with E-state index in [1.807, 2.05) is 0 Å². The Hall–Kier alpha value is -2.35. The predicted molar refractivity (Wildman–Crippen MR) is 73.9 cm³/mol. The number of fused-ring (bicyclic) bond motifs is 3. The van der Waals surface area contributed by atoms with E-state index < -0.39 is 21.3 Å². The van der Waals surface area contributed by atoms with E-state index in [1.165, 1.54) is 10.8 Å². The Bertz CT molecular complexity index is 888. The molecule has 1 N–H and O–H groups in total. The van der Waals surface area contributed by atoms with Gasteiger partial charge in [0, 0.05) is 5.56 Å². The maximum absolute atomic E-state index is 12.5. The monoisotopic (exact) mass is 327 g/mol. The molecule has 0 bridgehead atoms. The van der Waals surface area contributed by atoms with Gasteiger partial charge in [0.25, 0.3) is 0 Å². The number of alkyl halides is 3. The summed E-state index contributed by atoms with van der Waals surface area (Å²) in [6.45, 7) is 0. The topological polar surface area (TPSA) is 63.2 Å². The molecule has 0 fully saturated rings. The molecule has 114 valence electrons. The standard InChI is InChI=1S/C14H8F3NO3S/c15-14(16,17)22(20,21)18-11-7-3-6-9-8-4-1-2-5-10(8)13(19)12(9)11/h1-7,18H. The molecular weight excluding hydrogens is 319 g/mol. The van der Waals surface area contributed by atoms with Crippen molar-refractivity contribution in [3.8, 4) is 11.1 Å². The van der Waals surface area contributed by atoms with Crippen LogP contribution in [-0.2, 0) is 10.0 Å². The van der Waals surface area contributed by atoms with Crippen LogP contribution in [-0.4, -0.2) is 19.7 Å². The summed E-state index contributed by atoms with van der Waals surface area (Å²) in [5.41, 5.74) is -4.60. The SMILES string of the molecule is O=C1c2ccccc2-c2cccc(NS(=O)(=O)C(F)(F)F)c21. The lowest BCUT2D eigenvalue weighted by atomic mass is 10.1.